The summed E-state index contributed by atoms with van der Waals surface area (Å²) >= 11 is 13.4. The lowest BCUT2D eigenvalue weighted by molar-refractivity contribution is 0.0529. The highest BCUT2D eigenvalue weighted by molar-refractivity contribution is 7.17. The van der Waals surface area contributed by atoms with Crippen LogP contribution in [0.2, 0.25) is 10.3 Å². The van der Waals surface area contributed by atoms with Crippen LogP contribution in [0.3, 0.4) is 0 Å². The number of aromatic nitrogens is 2. The number of fused-ring (bicyclic) bond motifs is 1. The first-order valence-corrected chi connectivity index (χ1v) is 8.78. The Labute approximate surface area is 152 Å². The minimum atomic E-state index is -0.416. The third-order valence-corrected chi connectivity index (χ3v) is 4.63. The molecule has 0 aliphatic carbocycles. The molecular formula is C16H13Cl2N3O2S. The second kappa shape index (κ2) is 6.93. The molecule has 3 rings (SSSR count). The van der Waals surface area contributed by atoms with Gasteiger partial charge in [-0.25, -0.2) is 9.78 Å². The first-order valence-electron chi connectivity index (χ1n) is 7.14. The predicted octanol–water partition coefficient (Wildman–Crippen LogP) is 5.23. The second-order valence-corrected chi connectivity index (χ2v) is 6.61. The Kier molecular flexibility index (Phi) is 4.89. The van der Waals surface area contributed by atoms with E-state index in [0.717, 1.165) is 11.3 Å². The van der Waals surface area contributed by atoms with E-state index in [2.05, 4.69) is 15.3 Å². The van der Waals surface area contributed by atoms with E-state index in [0.29, 0.717) is 33.2 Å². The Morgan fingerprint density at radius 2 is 2.12 bits per heavy atom. The van der Waals surface area contributed by atoms with Crippen molar-refractivity contribution in [2.24, 2.45) is 0 Å². The number of benzene rings is 1. The van der Waals surface area contributed by atoms with E-state index in [-0.39, 0.29) is 5.28 Å². The topological polar surface area (TPSA) is 64.1 Å². The van der Waals surface area contributed by atoms with Crippen molar-refractivity contribution in [2.45, 2.75) is 13.8 Å². The number of aryl methyl sites for hydroxylation is 1. The van der Waals surface area contributed by atoms with Crippen molar-refractivity contribution in [3.8, 4) is 0 Å². The summed E-state index contributed by atoms with van der Waals surface area (Å²) in [5.74, 6) is 0.0280. The highest BCUT2D eigenvalue weighted by atomic mass is 35.5. The van der Waals surface area contributed by atoms with Crippen molar-refractivity contribution < 1.29 is 9.53 Å². The standard InChI is InChI=1S/C16H13Cl2N3O2S/c1-3-23-15(22)10-7-24-14-12(10)13(20-16(18)21-14)19-11-6-9(17)5-4-8(11)2/h4-7H,3H2,1-2H3,(H,19,20,21). The van der Waals surface area contributed by atoms with Gasteiger partial charge in [-0.15, -0.1) is 11.3 Å². The predicted molar refractivity (Wildman–Crippen MR) is 97.9 cm³/mol. The number of anilines is 2. The Bertz CT molecular complexity index is 927. The van der Waals surface area contributed by atoms with Gasteiger partial charge in [0, 0.05) is 16.1 Å². The van der Waals surface area contributed by atoms with Gasteiger partial charge >= 0.3 is 5.97 Å². The number of thiophene rings is 1. The average molecular weight is 382 g/mol. The van der Waals surface area contributed by atoms with Gasteiger partial charge in [0.15, 0.2) is 0 Å². The number of nitrogens with zero attached hydrogens (tertiary/aromatic N) is 2. The molecule has 3 aromatic rings. The van der Waals surface area contributed by atoms with Crippen LogP contribution in [0.1, 0.15) is 22.8 Å². The van der Waals surface area contributed by atoms with Crippen molar-refractivity contribution >= 4 is 62.2 Å². The fourth-order valence-electron chi connectivity index (χ4n) is 2.22. The smallest absolute Gasteiger partial charge is 0.339 e. The van der Waals surface area contributed by atoms with Crippen LogP contribution >= 0.6 is 34.5 Å². The SMILES string of the molecule is CCOC(=O)c1csc2nc(Cl)nc(Nc3cc(Cl)ccc3C)c12. The lowest BCUT2D eigenvalue weighted by atomic mass is 10.2. The molecule has 0 saturated heterocycles. The maximum atomic E-state index is 12.2. The molecule has 0 spiro atoms. The minimum Gasteiger partial charge on any atom is -0.462 e. The first-order chi connectivity index (χ1) is 11.5. The van der Waals surface area contributed by atoms with E-state index in [4.69, 9.17) is 27.9 Å². The Morgan fingerprint density at radius 1 is 1.33 bits per heavy atom. The summed E-state index contributed by atoms with van der Waals surface area (Å²) in [5, 5.41) is 6.17. The van der Waals surface area contributed by atoms with Crippen LogP contribution in [-0.4, -0.2) is 22.5 Å². The summed E-state index contributed by atoms with van der Waals surface area (Å²) < 4.78 is 5.10. The van der Waals surface area contributed by atoms with Gasteiger partial charge in [0.2, 0.25) is 5.28 Å². The average Bonchev–Trinajstić information content (AvgIpc) is 2.95. The van der Waals surface area contributed by atoms with Crippen LogP contribution in [0.5, 0.6) is 0 Å². The monoisotopic (exact) mass is 381 g/mol. The van der Waals surface area contributed by atoms with Crippen molar-refractivity contribution in [3.05, 3.63) is 45.0 Å². The number of halogens is 2. The van der Waals surface area contributed by atoms with E-state index >= 15 is 0 Å². The van der Waals surface area contributed by atoms with Crippen molar-refractivity contribution in [1.29, 1.82) is 0 Å². The molecule has 24 heavy (non-hydrogen) atoms. The van der Waals surface area contributed by atoms with Crippen molar-refractivity contribution in [2.75, 3.05) is 11.9 Å². The third-order valence-electron chi connectivity index (χ3n) is 3.35. The van der Waals surface area contributed by atoms with Crippen LogP contribution in [0.15, 0.2) is 23.6 Å². The molecular weight excluding hydrogens is 369 g/mol. The lowest BCUT2D eigenvalue weighted by Crippen LogP contribution is -2.05. The molecule has 0 radical (unpaired) electrons. The normalized spacial score (nSPS) is 10.8. The zero-order chi connectivity index (χ0) is 17.3. The Hall–Kier alpha value is -1.89. The largest absolute Gasteiger partial charge is 0.462 e. The summed E-state index contributed by atoms with van der Waals surface area (Å²) in [6.45, 7) is 3.99. The van der Waals surface area contributed by atoms with E-state index in [9.17, 15) is 4.79 Å². The van der Waals surface area contributed by atoms with E-state index in [1.165, 1.54) is 11.3 Å². The molecule has 0 saturated carbocycles. The summed E-state index contributed by atoms with van der Waals surface area (Å²) in [7, 11) is 0. The number of carbonyl (C=O) groups excluding carboxylic acids is 1. The molecule has 0 fully saturated rings. The van der Waals surface area contributed by atoms with Gasteiger partial charge in [-0.2, -0.15) is 4.98 Å². The van der Waals surface area contributed by atoms with Gasteiger partial charge in [-0.3, -0.25) is 0 Å². The number of hydrogen-bond donors (Lipinski definition) is 1. The maximum Gasteiger partial charge on any atom is 0.339 e. The van der Waals surface area contributed by atoms with Crippen LogP contribution in [0, 0.1) is 6.92 Å². The number of esters is 1. The quantitative estimate of drug-likeness (QED) is 0.495. The lowest BCUT2D eigenvalue weighted by Gasteiger charge is -2.11. The molecule has 2 aromatic heterocycles. The zero-order valence-corrected chi connectivity index (χ0v) is 15.2. The molecule has 0 aliphatic rings. The summed E-state index contributed by atoms with van der Waals surface area (Å²) in [6, 6.07) is 5.49. The number of rotatable bonds is 4. The fourth-order valence-corrected chi connectivity index (χ4v) is 3.52. The fraction of sp³-hybridized carbons (Fsp3) is 0.188. The molecule has 5 nitrogen and oxygen atoms in total. The molecule has 0 atom stereocenters. The van der Waals surface area contributed by atoms with Crippen LogP contribution in [0.25, 0.3) is 10.2 Å². The molecule has 0 unspecified atom stereocenters. The van der Waals surface area contributed by atoms with Gasteiger partial charge in [0.25, 0.3) is 0 Å². The van der Waals surface area contributed by atoms with E-state index in [1.54, 1.807) is 24.4 Å². The number of ether oxygens (including phenoxy) is 1. The molecule has 1 N–H and O–H groups in total. The van der Waals surface area contributed by atoms with E-state index < -0.39 is 5.97 Å². The van der Waals surface area contributed by atoms with Gasteiger partial charge < -0.3 is 10.1 Å². The number of nitrogens with one attached hydrogen (secondary N) is 1. The van der Waals surface area contributed by atoms with Crippen molar-refractivity contribution in [1.82, 2.24) is 9.97 Å². The zero-order valence-electron chi connectivity index (χ0n) is 12.9. The number of hydrogen-bond acceptors (Lipinski definition) is 6. The Balaban J connectivity index is 2.14. The molecule has 2 heterocycles. The van der Waals surface area contributed by atoms with Gasteiger partial charge in [-0.1, -0.05) is 17.7 Å². The van der Waals surface area contributed by atoms with Crippen LogP contribution < -0.4 is 5.32 Å². The van der Waals surface area contributed by atoms with Gasteiger partial charge in [0.05, 0.1) is 17.6 Å². The van der Waals surface area contributed by atoms with Gasteiger partial charge in [0.1, 0.15) is 10.6 Å². The molecule has 0 bridgehead atoms. The second-order valence-electron chi connectivity index (χ2n) is 4.98. The van der Waals surface area contributed by atoms with Crippen molar-refractivity contribution in [3.63, 3.8) is 0 Å². The summed E-state index contributed by atoms with van der Waals surface area (Å²) in [4.78, 5) is 21.2. The Morgan fingerprint density at radius 3 is 2.88 bits per heavy atom. The third kappa shape index (κ3) is 3.31. The molecule has 8 heteroatoms. The first kappa shape index (κ1) is 17.0. The van der Waals surface area contributed by atoms with E-state index in [1.807, 2.05) is 13.0 Å². The van der Waals surface area contributed by atoms with Crippen LogP contribution in [0.4, 0.5) is 11.5 Å². The highest BCUT2D eigenvalue weighted by Crippen LogP contribution is 2.34. The maximum absolute atomic E-state index is 12.2. The molecule has 1 aromatic carbocycles. The van der Waals surface area contributed by atoms with Crippen LogP contribution in [-0.2, 0) is 4.74 Å². The minimum absolute atomic E-state index is 0.0990. The highest BCUT2D eigenvalue weighted by Gasteiger charge is 2.20. The molecule has 124 valence electrons. The molecule has 0 amide bonds. The summed E-state index contributed by atoms with van der Waals surface area (Å²) in [5.41, 5.74) is 2.17. The summed E-state index contributed by atoms with van der Waals surface area (Å²) in [6.07, 6.45) is 0. The van der Waals surface area contributed by atoms with Gasteiger partial charge in [-0.05, 0) is 43.1 Å². The molecule has 0 aliphatic heterocycles. The number of carbonyl (C=O) groups is 1.